The summed E-state index contributed by atoms with van der Waals surface area (Å²) in [5.41, 5.74) is 10.8. The molecule has 3 N–H and O–H groups in total. The van der Waals surface area contributed by atoms with Gasteiger partial charge in [-0.1, -0.05) is 18.2 Å². The molecule has 2 heterocycles. The Morgan fingerprint density at radius 1 is 1.24 bits per heavy atom. The zero-order valence-corrected chi connectivity index (χ0v) is 12.4. The monoisotopic (exact) mass is 302 g/mol. The van der Waals surface area contributed by atoms with Crippen molar-refractivity contribution in [1.29, 1.82) is 0 Å². The van der Waals surface area contributed by atoms with Gasteiger partial charge in [0.15, 0.2) is 0 Å². The number of aromatic nitrogens is 1. The zero-order chi connectivity index (χ0) is 14.7. The van der Waals surface area contributed by atoms with Gasteiger partial charge < -0.3 is 11.2 Å². The Morgan fingerprint density at radius 2 is 2.05 bits per heavy atom. The topological polar surface area (TPSA) is 71.2 Å². The van der Waals surface area contributed by atoms with Crippen molar-refractivity contribution in [3.63, 3.8) is 0 Å². The molecule has 0 bridgehead atoms. The minimum Gasteiger partial charge on any atom is -0.397 e. The maximum Gasteiger partial charge on any atom is 0.127 e. The van der Waals surface area contributed by atoms with E-state index in [1.54, 1.807) is 6.20 Å². The predicted molar refractivity (Wildman–Crippen MR) is 85.1 cm³/mol. The summed E-state index contributed by atoms with van der Waals surface area (Å²) in [6, 6.07) is 13.2. The molecular formula is C15H18N4OS. The minimum atomic E-state index is -1.07. The second-order valence-electron chi connectivity index (χ2n) is 5.02. The lowest BCUT2D eigenvalue weighted by atomic mass is 10.3. The molecule has 1 saturated heterocycles. The van der Waals surface area contributed by atoms with E-state index in [9.17, 15) is 4.21 Å². The number of nitrogens with two attached hydrogens (primary N) is 1. The molecule has 2 aromatic rings. The quantitative estimate of drug-likeness (QED) is 0.844. The average molecular weight is 302 g/mol. The SMILES string of the molecule is Nc1ccccc1NN1CC[C@H](S(=O)c2ccccn2)C1. The van der Waals surface area contributed by atoms with Gasteiger partial charge in [0.1, 0.15) is 5.03 Å². The van der Waals surface area contributed by atoms with Crippen LogP contribution >= 0.6 is 0 Å². The number of nitrogens with zero attached hydrogens (tertiary/aromatic N) is 2. The maximum absolute atomic E-state index is 12.5. The van der Waals surface area contributed by atoms with Crippen molar-refractivity contribution in [1.82, 2.24) is 9.99 Å². The molecule has 1 aromatic heterocycles. The predicted octanol–water partition coefficient (Wildman–Crippen LogP) is 1.87. The highest BCUT2D eigenvalue weighted by Gasteiger charge is 2.28. The lowest BCUT2D eigenvalue weighted by Gasteiger charge is -2.19. The Bertz CT molecular complexity index is 635. The summed E-state index contributed by atoms with van der Waals surface area (Å²) in [7, 11) is -1.07. The molecule has 1 aliphatic rings. The number of hydrogen-bond donors (Lipinski definition) is 2. The first-order valence-corrected chi connectivity index (χ1v) is 8.13. The molecule has 5 nitrogen and oxygen atoms in total. The molecule has 0 saturated carbocycles. The highest BCUT2D eigenvalue weighted by atomic mass is 32.2. The summed E-state index contributed by atoms with van der Waals surface area (Å²) < 4.78 is 12.5. The second kappa shape index (κ2) is 6.24. The molecule has 21 heavy (non-hydrogen) atoms. The lowest BCUT2D eigenvalue weighted by Crippen LogP contribution is -2.30. The van der Waals surface area contributed by atoms with Crippen molar-refractivity contribution in [3.8, 4) is 0 Å². The van der Waals surface area contributed by atoms with Crippen molar-refractivity contribution in [3.05, 3.63) is 48.7 Å². The van der Waals surface area contributed by atoms with Gasteiger partial charge in [0.25, 0.3) is 0 Å². The number of benzene rings is 1. The number of anilines is 2. The van der Waals surface area contributed by atoms with E-state index in [0.29, 0.717) is 10.7 Å². The van der Waals surface area contributed by atoms with E-state index in [2.05, 4.69) is 15.4 Å². The van der Waals surface area contributed by atoms with Gasteiger partial charge in [-0.25, -0.2) is 9.99 Å². The van der Waals surface area contributed by atoms with E-state index < -0.39 is 10.8 Å². The number of hydrogen-bond acceptors (Lipinski definition) is 5. The first-order valence-electron chi connectivity index (χ1n) is 6.92. The summed E-state index contributed by atoms with van der Waals surface area (Å²) in [6.07, 6.45) is 2.56. The Hall–Kier alpha value is -1.92. The van der Waals surface area contributed by atoms with E-state index in [1.165, 1.54) is 0 Å². The fourth-order valence-electron chi connectivity index (χ4n) is 2.41. The van der Waals surface area contributed by atoms with Gasteiger partial charge >= 0.3 is 0 Å². The first-order chi connectivity index (χ1) is 10.2. The molecule has 1 aromatic carbocycles. The summed E-state index contributed by atoms with van der Waals surface area (Å²) in [4.78, 5) is 4.19. The van der Waals surface area contributed by atoms with Crippen LogP contribution in [-0.4, -0.2) is 32.5 Å². The highest BCUT2D eigenvalue weighted by Crippen LogP contribution is 2.22. The molecule has 6 heteroatoms. The Morgan fingerprint density at radius 3 is 2.81 bits per heavy atom. The van der Waals surface area contributed by atoms with Crippen molar-refractivity contribution in [2.75, 3.05) is 24.2 Å². The Labute approximate surface area is 126 Å². The third-order valence-electron chi connectivity index (χ3n) is 3.53. The molecule has 0 aliphatic carbocycles. The van der Waals surface area contributed by atoms with Crippen LogP contribution in [0.25, 0.3) is 0 Å². The zero-order valence-electron chi connectivity index (χ0n) is 11.6. The van der Waals surface area contributed by atoms with Gasteiger partial charge in [-0.3, -0.25) is 4.21 Å². The van der Waals surface area contributed by atoms with E-state index in [-0.39, 0.29) is 5.25 Å². The maximum atomic E-state index is 12.5. The summed E-state index contributed by atoms with van der Waals surface area (Å²) in [5.74, 6) is 0. The van der Waals surface area contributed by atoms with Crippen LogP contribution in [-0.2, 0) is 10.8 Å². The number of nitrogens with one attached hydrogen (secondary N) is 1. The molecule has 2 atom stereocenters. The largest absolute Gasteiger partial charge is 0.397 e. The molecule has 1 fully saturated rings. The summed E-state index contributed by atoms with van der Waals surface area (Å²) in [6.45, 7) is 1.56. The molecule has 110 valence electrons. The van der Waals surface area contributed by atoms with Crippen molar-refractivity contribution < 1.29 is 4.21 Å². The molecule has 3 rings (SSSR count). The Kier molecular flexibility index (Phi) is 4.17. The van der Waals surface area contributed by atoms with Gasteiger partial charge in [0.05, 0.1) is 27.4 Å². The van der Waals surface area contributed by atoms with E-state index >= 15 is 0 Å². The average Bonchev–Trinajstić information content (AvgIpc) is 2.98. The van der Waals surface area contributed by atoms with Crippen LogP contribution < -0.4 is 11.2 Å². The number of nitrogen functional groups attached to an aromatic ring is 1. The van der Waals surface area contributed by atoms with Gasteiger partial charge in [-0.05, 0) is 30.7 Å². The summed E-state index contributed by atoms with van der Waals surface area (Å²) >= 11 is 0. The van der Waals surface area contributed by atoms with Crippen LogP contribution in [0.2, 0.25) is 0 Å². The lowest BCUT2D eigenvalue weighted by molar-refractivity contribution is 0.411. The third-order valence-corrected chi connectivity index (χ3v) is 5.18. The van der Waals surface area contributed by atoms with Crippen molar-refractivity contribution >= 4 is 22.2 Å². The molecule has 1 unspecified atom stereocenters. The number of rotatable bonds is 4. The molecule has 0 radical (unpaired) electrons. The van der Waals surface area contributed by atoms with E-state index in [1.807, 2.05) is 42.5 Å². The third kappa shape index (κ3) is 3.22. The number of para-hydroxylation sites is 2. The summed E-state index contributed by atoms with van der Waals surface area (Å²) in [5, 5.41) is 2.82. The van der Waals surface area contributed by atoms with Gasteiger partial charge in [-0.2, -0.15) is 0 Å². The highest BCUT2D eigenvalue weighted by molar-refractivity contribution is 7.85. The smallest absolute Gasteiger partial charge is 0.127 e. The number of pyridine rings is 1. The van der Waals surface area contributed by atoms with E-state index in [0.717, 1.165) is 25.2 Å². The van der Waals surface area contributed by atoms with E-state index in [4.69, 9.17) is 5.73 Å². The molecule has 0 amide bonds. The fourth-order valence-corrected chi connectivity index (χ4v) is 3.76. The minimum absolute atomic E-state index is 0.0948. The molecule has 1 aliphatic heterocycles. The molecular weight excluding hydrogens is 284 g/mol. The van der Waals surface area contributed by atoms with Gasteiger partial charge in [-0.15, -0.1) is 0 Å². The van der Waals surface area contributed by atoms with Crippen LogP contribution in [0.3, 0.4) is 0 Å². The Balaban J connectivity index is 1.63. The van der Waals surface area contributed by atoms with Gasteiger partial charge in [0, 0.05) is 19.3 Å². The number of hydrazine groups is 1. The first kappa shape index (κ1) is 14.0. The second-order valence-corrected chi connectivity index (χ2v) is 6.70. The fraction of sp³-hybridized carbons (Fsp3) is 0.267. The standard InChI is InChI=1S/C15H18N4OS/c16-13-5-1-2-6-14(13)18-19-10-8-12(11-19)21(20)15-7-3-4-9-17-15/h1-7,9,12,18H,8,10-11,16H2/t12-,21?/m0/s1. The van der Waals surface area contributed by atoms with Crippen LogP contribution in [0.15, 0.2) is 53.7 Å². The normalized spacial score (nSPS) is 20.3. The van der Waals surface area contributed by atoms with Crippen molar-refractivity contribution in [2.24, 2.45) is 0 Å². The van der Waals surface area contributed by atoms with Crippen molar-refractivity contribution in [2.45, 2.75) is 16.7 Å². The van der Waals surface area contributed by atoms with Crippen LogP contribution in [0.4, 0.5) is 11.4 Å². The van der Waals surface area contributed by atoms with Crippen LogP contribution in [0.1, 0.15) is 6.42 Å². The van der Waals surface area contributed by atoms with Crippen LogP contribution in [0.5, 0.6) is 0 Å². The van der Waals surface area contributed by atoms with Gasteiger partial charge in [0.2, 0.25) is 0 Å². The van der Waals surface area contributed by atoms with Crippen LogP contribution in [0, 0.1) is 0 Å². The molecule has 0 spiro atoms.